The minimum absolute atomic E-state index is 0.0680. The Bertz CT molecular complexity index is 844. The van der Waals surface area contributed by atoms with Crippen molar-refractivity contribution in [3.8, 4) is 0 Å². The Morgan fingerprint density at radius 3 is 2.56 bits per heavy atom. The van der Waals surface area contributed by atoms with Crippen LogP contribution in [0, 0.1) is 0 Å². The molecule has 1 amide bonds. The van der Waals surface area contributed by atoms with Crippen LogP contribution in [-0.2, 0) is 10.0 Å². The molecule has 0 bridgehead atoms. The monoisotopic (exact) mass is 393 g/mol. The molecule has 10 heteroatoms. The summed E-state index contributed by atoms with van der Waals surface area (Å²) >= 11 is 0. The molecule has 0 aromatic carbocycles. The van der Waals surface area contributed by atoms with Gasteiger partial charge in [0.15, 0.2) is 17.4 Å². The first-order valence-electron chi connectivity index (χ1n) is 8.90. The van der Waals surface area contributed by atoms with Crippen molar-refractivity contribution in [2.24, 2.45) is 0 Å². The van der Waals surface area contributed by atoms with Gasteiger partial charge in [0.1, 0.15) is 0 Å². The van der Waals surface area contributed by atoms with E-state index < -0.39 is 10.0 Å². The number of carbonyl (C=O) groups excluding carboxylic acids is 1. The van der Waals surface area contributed by atoms with Crippen molar-refractivity contribution in [3.05, 3.63) is 36.3 Å². The molecule has 1 aliphatic heterocycles. The molecule has 0 radical (unpaired) electrons. The molecular formula is C17H23N5O4S. The lowest BCUT2D eigenvalue weighted by Gasteiger charge is -2.34. The summed E-state index contributed by atoms with van der Waals surface area (Å²) in [4.78, 5) is 16.0. The third-order valence-corrected chi connectivity index (χ3v) is 5.65. The van der Waals surface area contributed by atoms with Gasteiger partial charge < -0.3 is 14.2 Å². The first kappa shape index (κ1) is 19.2. The predicted molar refractivity (Wildman–Crippen MR) is 101 cm³/mol. The first-order chi connectivity index (χ1) is 13.0. The van der Waals surface area contributed by atoms with Crippen molar-refractivity contribution in [3.63, 3.8) is 0 Å². The number of nitrogens with one attached hydrogen (secondary N) is 1. The molecule has 0 atom stereocenters. The van der Waals surface area contributed by atoms with Crippen LogP contribution in [0.5, 0.6) is 0 Å². The average Bonchev–Trinajstić information content (AvgIpc) is 3.21. The fourth-order valence-electron chi connectivity index (χ4n) is 2.79. The molecule has 0 unspecified atom stereocenters. The van der Waals surface area contributed by atoms with Crippen LogP contribution in [0.4, 0.5) is 11.6 Å². The number of sulfonamides is 1. The van der Waals surface area contributed by atoms with Crippen molar-refractivity contribution in [1.29, 1.82) is 0 Å². The lowest BCUT2D eigenvalue weighted by Crippen LogP contribution is -2.49. The van der Waals surface area contributed by atoms with E-state index in [4.69, 9.17) is 4.42 Å². The van der Waals surface area contributed by atoms with Crippen LogP contribution >= 0.6 is 0 Å². The van der Waals surface area contributed by atoms with E-state index in [1.54, 1.807) is 29.2 Å². The van der Waals surface area contributed by atoms with Gasteiger partial charge in [-0.25, -0.2) is 8.42 Å². The summed E-state index contributed by atoms with van der Waals surface area (Å²) in [5, 5.41) is 8.08. The molecule has 2 aromatic rings. The topological polar surface area (TPSA) is 109 Å². The second kappa shape index (κ2) is 8.38. The number of nitrogens with zero attached hydrogens (tertiary/aromatic N) is 4. The summed E-state index contributed by atoms with van der Waals surface area (Å²) in [5.41, 5.74) is 0. The summed E-state index contributed by atoms with van der Waals surface area (Å²) in [6.45, 7) is 4.26. The molecule has 1 fully saturated rings. The highest BCUT2D eigenvalue weighted by Crippen LogP contribution is 2.16. The molecule has 27 heavy (non-hydrogen) atoms. The van der Waals surface area contributed by atoms with E-state index in [0.717, 1.165) is 6.42 Å². The molecule has 3 rings (SSSR count). The van der Waals surface area contributed by atoms with Crippen LogP contribution in [0.25, 0.3) is 0 Å². The Labute approximate surface area is 158 Å². The quantitative estimate of drug-likeness (QED) is 0.760. The number of rotatable bonds is 7. The van der Waals surface area contributed by atoms with Crippen LogP contribution in [-0.4, -0.2) is 61.4 Å². The zero-order valence-electron chi connectivity index (χ0n) is 15.2. The molecule has 3 heterocycles. The van der Waals surface area contributed by atoms with Gasteiger partial charge in [-0.1, -0.05) is 13.3 Å². The van der Waals surface area contributed by atoms with Gasteiger partial charge >= 0.3 is 0 Å². The first-order valence-corrected chi connectivity index (χ1v) is 10.6. The van der Waals surface area contributed by atoms with Crippen LogP contribution in [0.2, 0.25) is 0 Å². The normalized spacial score (nSPS) is 15.0. The Kier molecular flexibility index (Phi) is 5.94. The lowest BCUT2D eigenvalue weighted by atomic mass is 10.3. The number of piperazine rings is 1. The molecular weight excluding hydrogens is 370 g/mol. The fraction of sp³-hybridized carbons (Fsp3) is 0.471. The SMILES string of the molecule is CCCCS(=O)(=O)Nc1ccc(N2CCN(C(=O)c3ccco3)CC2)nn1. The van der Waals surface area contributed by atoms with E-state index >= 15 is 0 Å². The van der Waals surface area contributed by atoms with Crippen molar-refractivity contribution >= 4 is 27.6 Å². The van der Waals surface area contributed by atoms with Crippen molar-refractivity contribution in [2.75, 3.05) is 41.6 Å². The number of hydrogen-bond donors (Lipinski definition) is 1. The maximum Gasteiger partial charge on any atom is 0.289 e. The van der Waals surface area contributed by atoms with Crippen LogP contribution < -0.4 is 9.62 Å². The number of furan rings is 1. The minimum Gasteiger partial charge on any atom is -0.459 e. The highest BCUT2D eigenvalue weighted by Gasteiger charge is 2.24. The van der Waals surface area contributed by atoms with Gasteiger partial charge in [-0.15, -0.1) is 10.2 Å². The molecule has 0 saturated carbocycles. The summed E-state index contributed by atoms with van der Waals surface area (Å²) in [7, 11) is -3.39. The Morgan fingerprint density at radius 1 is 1.19 bits per heavy atom. The van der Waals surface area contributed by atoms with Crippen LogP contribution in [0.1, 0.15) is 30.3 Å². The molecule has 2 aromatic heterocycles. The summed E-state index contributed by atoms with van der Waals surface area (Å²) < 4.78 is 31.4. The number of unbranched alkanes of at least 4 members (excludes halogenated alkanes) is 1. The molecule has 1 saturated heterocycles. The van der Waals surface area contributed by atoms with Crippen molar-refractivity contribution in [2.45, 2.75) is 19.8 Å². The van der Waals surface area contributed by atoms with Gasteiger partial charge in [-0.2, -0.15) is 0 Å². The van der Waals surface area contributed by atoms with Gasteiger partial charge in [-0.3, -0.25) is 9.52 Å². The maximum absolute atomic E-state index is 12.3. The molecule has 0 spiro atoms. The van der Waals surface area contributed by atoms with E-state index in [0.29, 0.717) is 44.2 Å². The Balaban J connectivity index is 1.55. The Hall–Kier alpha value is -2.62. The second-order valence-electron chi connectivity index (χ2n) is 6.31. The third kappa shape index (κ3) is 4.97. The largest absolute Gasteiger partial charge is 0.459 e. The van der Waals surface area contributed by atoms with E-state index in [2.05, 4.69) is 14.9 Å². The molecule has 146 valence electrons. The van der Waals surface area contributed by atoms with Gasteiger partial charge in [0.25, 0.3) is 5.91 Å². The standard InChI is InChI=1S/C17H23N5O4S/c1-2-3-13-27(24,25)20-15-6-7-16(19-18-15)21-8-10-22(11-9-21)17(23)14-5-4-12-26-14/h4-7,12H,2-3,8-11,13H2,1H3,(H,18,20). The van der Waals surface area contributed by atoms with E-state index in [9.17, 15) is 13.2 Å². The molecule has 9 nitrogen and oxygen atoms in total. The van der Waals surface area contributed by atoms with Gasteiger partial charge in [0.2, 0.25) is 10.0 Å². The lowest BCUT2D eigenvalue weighted by molar-refractivity contribution is 0.0714. The summed E-state index contributed by atoms with van der Waals surface area (Å²) in [5.74, 6) is 1.14. The maximum atomic E-state index is 12.3. The minimum atomic E-state index is -3.39. The number of amides is 1. The van der Waals surface area contributed by atoms with E-state index in [1.165, 1.54) is 6.26 Å². The van der Waals surface area contributed by atoms with Crippen molar-refractivity contribution in [1.82, 2.24) is 15.1 Å². The zero-order chi connectivity index (χ0) is 19.3. The summed E-state index contributed by atoms with van der Waals surface area (Å²) in [6, 6.07) is 6.68. The van der Waals surface area contributed by atoms with E-state index in [1.807, 2.05) is 11.8 Å². The van der Waals surface area contributed by atoms with E-state index in [-0.39, 0.29) is 17.5 Å². The molecule has 1 aliphatic rings. The summed E-state index contributed by atoms with van der Waals surface area (Å²) in [6.07, 6.45) is 2.89. The average molecular weight is 393 g/mol. The molecule has 0 aliphatic carbocycles. The number of carbonyl (C=O) groups is 1. The van der Waals surface area contributed by atoms with Crippen molar-refractivity contribution < 1.29 is 17.6 Å². The highest BCUT2D eigenvalue weighted by atomic mass is 32.2. The Morgan fingerprint density at radius 2 is 1.96 bits per heavy atom. The number of anilines is 2. The highest BCUT2D eigenvalue weighted by molar-refractivity contribution is 7.92. The zero-order valence-corrected chi connectivity index (χ0v) is 16.0. The fourth-order valence-corrected chi connectivity index (χ4v) is 3.99. The smallest absolute Gasteiger partial charge is 0.289 e. The predicted octanol–water partition coefficient (Wildman–Crippen LogP) is 1.57. The van der Waals surface area contributed by atoms with Crippen LogP contribution in [0.15, 0.2) is 34.9 Å². The van der Waals surface area contributed by atoms with Crippen LogP contribution in [0.3, 0.4) is 0 Å². The number of aromatic nitrogens is 2. The van der Waals surface area contributed by atoms with Gasteiger partial charge in [0.05, 0.1) is 12.0 Å². The molecule has 1 N–H and O–H groups in total. The van der Waals surface area contributed by atoms with Gasteiger partial charge in [-0.05, 0) is 30.7 Å². The number of hydrogen-bond acceptors (Lipinski definition) is 7. The second-order valence-corrected chi connectivity index (χ2v) is 8.15. The van der Waals surface area contributed by atoms with Gasteiger partial charge in [0, 0.05) is 26.2 Å². The third-order valence-electron chi connectivity index (χ3n) is 4.30.